The molecule has 0 saturated carbocycles. The molecule has 2 bridgehead atoms. The second kappa shape index (κ2) is 5.17. The quantitative estimate of drug-likeness (QED) is 0.918. The molecule has 0 radical (unpaired) electrons. The van der Waals surface area contributed by atoms with E-state index in [0.717, 1.165) is 25.4 Å². The van der Waals surface area contributed by atoms with Crippen molar-refractivity contribution in [2.45, 2.75) is 18.5 Å². The minimum atomic E-state index is 0.341. The van der Waals surface area contributed by atoms with Crippen molar-refractivity contribution in [3.8, 4) is 5.75 Å². The number of hydrogen-bond donors (Lipinski definition) is 1. The van der Waals surface area contributed by atoms with Crippen LogP contribution in [0.4, 0.5) is 0 Å². The summed E-state index contributed by atoms with van der Waals surface area (Å²) in [4.78, 5) is 0. The van der Waals surface area contributed by atoms with Gasteiger partial charge in [-0.15, -0.1) is 0 Å². The standard InChI is InChI=1S/C18H19NO2/c1-20-18-7-6-15(16-4-2-3-5-17(16)18)12-8-13-10-21-11-14(9-12)19-13/h2-8,13-14,19H,9-11H2,1H3. The van der Waals surface area contributed by atoms with Gasteiger partial charge in [-0.05, 0) is 29.0 Å². The monoisotopic (exact) mass is 281 g/mol. The van der Waals surface area contributed by atoms with Crippen molar-refractivity contribution in [3.05, 3.63) is 48.0 Å². The Morgan fingerprint density at radius 2 is 1.95 bits per heavy atom. The third-order valence-electron chi connectivity index (χ3n) is 4.38. The summed E-state index contributed by atoms with van der Waals surface area (Å²) in [7, 11) is 1.73. The van der Waals surface area contributed by atoms with Crippen LogP contribution in [0.25, 0.3) is 16.3 Å². The van der Waals surface area contributed by atoms with Gasteiger partial charge in [0.15, 0.2) is 0 Å². The smallest absolute Gasteiger partial charge is 0.126 e. The lowest BCUT2D eigenvalue weighted by Crippen LogP contribution is -2.50. The van der Waals surface area contributed by atoms with Gasteiger partial charge in [-0.1, -0.05) is 36.4 Å². The van der Waals surface area contributed by atoms with Gasteiger partial charge >= 0.3 is 0 Å². The van der Waals surface area contributed by atoms with Crippen LogP contribution in [-0.4, -0.2) is 32.4 Å². The van der Waals surface area contributed by atoms with Crippen LogP contribution in [0.15, 0.2) is 42.5 Å². The van der Waals surface area contributed by atoms with E-state index in [2.05, 4.69) is 47.8 Å². The first-order valence-corrected chi connectivity index (χ1v) is 7.46. The minimum Gasteiger partial charge on any atom is -0.496 e. The molecule has 108 valence electrons. The van der Waals surface area contributed by atoms with E-state index in [4.69, 9.17) is 9.47 Å². The van der Waals surface area contributed by atoms with Crippen LogP contribution in [0, 0.1) is 0 Å². The SMILES string of the molecule is COc1ccc(C2=CC3COCC(C2)N3)c2ccccc12. The zero-order valence-corrected chi connectivity index (χ0v) is 12.1. The van der Waals surface area contributed by atoms with Crippen molar-refractivity contribution < 1.29 is 9.47 Å². The fourth-order valence-corrected chi connectivity index (χ4v) is 3.46. The first-order chi connectivity index (χ1) is 10.3. The van der Waals surface area contributed by atoms with Crippen LogP contribution in [0.5, 0.6) is 5.75 Å². The van der Waals surface area contributed by atoms with Gasteiger partial charge in [-0.3, -0.25) is 0 Å². The van der Waals surface area contributed by atoms with Gasteiger partial charge in [-0.25, -0.2) is 0 Å². The third-order valence-corrected chi connectivity index (χ3v) is 4.38. The maximum Gasteiger partial charge on any atom is 0.126 e. The van der Waals surface area contributed by atoms with E-state index >= 15 is 0 Å². The van der Waals surface area contributed by atoms with E-state index in [1.54, 1.807) is 7.11 Å². The largest absolute Gasteiger partial charge is 0.496 e. The van der Waals surface area contributed by atoms with Gasteiger partial charge in [0.1, 0.15) is 5.75 Å². The highest BCUT2D eigenvalue weighted by molar-refractivity contribution is 5.97. The van der Waals surface area contributed by atoms with Crippen LogP contribution < -0.4 is 10.1 Å². The topological polar surface area (TPSA) is 30.5 Å². The molecular formula is C18H19NO2. The van der Waals surface area contributed by atoms with Crippen LogP contribution in [0.2, 0.25) is 0 Å². The average molecular weight is 281 g/mol. The summed E-state index contributed by atoms with van der Waals surface area (Å²) < 4.78 is 11.1. The molecule has 3 nitrogen and oxygen atoms in total. The molecule has 3 heteroatoms. The van der Waals surface area contributed by atoms with Crippen molar-refractivity contribution >= 4 is 16.3 Å². The van der Waals surface area contributed by atoms with E-state index in [9.17, 15) is 0 Å². The van der Waals surface area contributed by atoms with Crippen LogP contribution in [0.3, 0.4) is 0 Å². The van der Waals surface area contributed by atoms with E-state index in [1.807, 2.05) is 0 Å². The Morgan fingerprint density at radius 1 is 1.10 bits per heavy atom. The number of rotatable bonds is 2. The van der Waals surface area contributed by atoms with Gasteiger partial charge in [0.2, 0.25) is 0 Å². The first-order valence-electron chi connectivity index (χ1n) is 7.46. The number of hydrogen-bond acceptors (Lipinski definition) is 3. The highest BCUT2D eigenvalue weighted by Crippen LogP contribution is 2.35. The molecule has 21 heavy (non-hydrogen) atoms. The summed E-state index contributed by atoms with van der Waals surface area (Å²) in [5, 5.41) is 6.04. The van der Waals surface area contributed by atoms with Gasteiger partial charge in [0, 0.05) is 17.5 Å². The Kier molecular flexibility index (Phi) is 3.17. The van der Waals surface area contributed by atoms with E-state index in [-0.39, 0.29) is 0 Å². The van der Waals surface area contributed by atoms with Crippen molar-refractivity contribution in [1.82, 2.24) is 5.32 Å². The Labute approximate surface area is 124 Å². The normalized spacial score (nSPS) is 24.7. The molecule has 2 aromatic carbocycles. The predicted molar refractivity (Wildman–Crippen MR) is 84.6 cm³/mol. The molecule has 2 heterocycles. The van der Waals surface area contributed by atoms with Crippen molar-refractivity contribution in [3.63, 3.8) is 0 Å². The lowest BCUT2D eigenvalue weighted by Gasteiger charge is -2.35. The summed E-state index contributed by atoms with van der Waals surface area (Å²) in [5.74, 6) is 0.937. The Bertz CT molecular complexity index is 707. The Balaban J connectivity index is 1.85. The fourth-order valence-electron chi connectivity index (χ4n) is 3.46. The minimum absolute atomic E-state index is 0.341. The maximum atomic E-state index is 5.62. The van der Waals surface area contributed by atoms with E-state index in [1.165, 1.54) is 21.9 Å². The van der Waals surface area contributed by atoms with Gasteiger partial charge in [-0.2, -0.15) is 0 Å². The molecule has 0 amide bonds. The van der Waals surface area contributed by atoms with E-state index < -0.39 is 0 Å². The molecule has 0 aliphatic carbocycles. The van der Waals surface area contributed by atoms with Gasteiger partial charge < -0.3 is 14.8 Å². The zero-order valence-electron chi connectivity index (χ0n) is 12.1. The fraction of sp³-hybridized carbons (Fsp3) is 0.333. The number of methoxy groups -OCH3 is 1. The van der Waals surface area contributed by atoms with E-state index in [0.29, 0.717) is 12.1 Å². The molecule has 2 aromatic rings. The number of benzene rings is 2. The molecule has 1 fully saturated rings. The molecular weight excluding hydrogens is 262 g/mol. The lowest BCUT2D eigenvalue weighted by atomic mass is 9.89. The predicted octanol–water partition coefficient (Wildman–Crippen LogP) is 2.99. The second-order valence-electron chi connectivity index (χ2n) is 5.76. The summed E-state index contributed by atoms with van der Waals surface area (Å²) >= 11 is 0. The first kappa shape index (κ1) is 12.9. The molecule has 1 saturated heterocycles. The molecule has 0 spiro atoms. The summed E-state index contributed by atoms with van der Waals surface area (Å²) in [6.45, 7) is 1.58. The molecule has 2 atom stereocenters. The molecule has 4 rings (SSSR count). The molecule has 2 aliphatic rings. The lowest BCUT2D eigenvalue weighted by molar-refractivity contribution is 0.0561. The van der Waals surface area contributed by atoms with Crippen molar-refractivity contribution in [2.24, 2.45) is 0 Å². The molecule has 2 unspecified atom stereocenters. The number of morpholine rings is 1. The average Bonchev–Trinajstić information content (AvgIpc) is 2.53. The van der Waals surface area contributed by atoms with Crippen molar-refractivity contribution in [2.75, 3.05) is 20.3 Å². The highest BCUT2D eigenvalue weighted by Gasteiger charge is 2.27. The zero-order chi connectivity index (χ0) is 14.2. The Hall–Kier alpha value is -1.84. The summed E-state index contributed by atoms with van der Waals surface area (Å²) in [6, 6.07) is 13.5. The van der Waals surface area contributed by atoms with Gasteiger partial charge in [0.25, 0.3) is 0 Å². The number of fused-ring (bicyclic) bond motifs is 3. The van der Waals surface area contributed by atoms with Crippen LogP contribution >= 0.6 is 0 Å². The number of nitrogens with one attached hydrogen (secondary N) is 1. The molecule has 0 aromatic heterocycles. The summed E-state index contributed by atoms with van der Waals surface area (Å²) in [6.07, 6.45) is 3.34. The second-order valence-corrected chi connectivity index (χ2v) is 5.76. The summed E-state index contributed by atoms with van der Waals surface area (Å²) in [5.41, 5.74) is 2.75. The van der Waals surface area contributed by atoms with Gasteiger partial charge in [0.05, 0.1) is 20.3 Å². The third kappa shape index (κ3) is 2.23. The van der Waals surface area contributed by atoms with Crippen LogP contribution in [-0.2, 0) is 4.74 Å². The van der Waals surface area contributed by atoms with Crippen molar-refractivity contribution in [1.29, 1.82) is 0 Å². The molecule has 1 N–H and O–H groups in total. The van der Waals surface area contributed by atoms with Crippen LogP contribution in [0.1, 0.15) is 12.0 Å². The number of ether oxygens (including phenoxy) is 2. The maximum absolute atomic E-state index is 5.62. The molecule has 2 aliphatic heterocycles. The Morgan fingerprint density at radius 3 is 2.76 bits per heavy atom. The highest BCUT2D eigenvalue weighted by atomic mass is 16.5.